The van der Waals surface area contributed by atoms with Crippen molar-refractivity contribution in [3.63, 3.8) is 0 Å². The van der Waals surface area contributed by atoms with E-state index in [-0.39, 0.29) is 5.75 Å². The van der Waals surface area contributed by atoms with Crippen molar-refractivity contribution in [2.24, 2.45) is 0 Å². The van der Waals surface area contributed by atoms with Crippen molar-refractivity contribution in [1.29, 1.82) is 0 Å². The number of alkyl halides is 3. The molecule has 0 atom stereocenters. The molecule has 0 saturated carbocycles. The number of halogens is 4. The highest BCUT2D eigenvalue weighted by atomic mass is 127. The zero-order valence-electron chi connectivity index (χ0n) is 7.15. The fourth-order valence-corrected chi connectivity index (χ4v) is 1.31. The van der Waals surface area contributed by atoms with E-state index in [1.807, 2.05) is 0 Å². The molecule has 0 unspecified atom stereocenters. The van der Waals surface area contributed by atoms with Crippen LogP contribution in [0.1, 0.15) is 0 Å². The molecule has 0 saturated heterocycles. The van der Waals surface area contributed by atoms with Crippen LogP contribution in [0.2, 0.25) is 0 Å². The van der Waals surface area contributed by atoms with Crippen LogP contribution in [0.4, 0.5) is 18.9 Å². The zero-order valence-corrected chi connectivity index (χ0v) is 9.31. The minimum atomic E-state index is -4.65. The molecule has 0 heterocycles. The summed E-state index contributed by atoms with van der Waals surface area (Å²) in [4.78, 5) is 0. The summed E-state index contributed by atoms with van der Waals surface area (Å²) >= 11 is 1.78. The predicted octanol–water partition coefficient (Wildman–Crippen LogP) is 3.23. The van der Waals surface area contributed by atoms with Gasteiger partial charge in [-0.05, 0) is 34.7 Å². The Bertz CT molecular complexity index is 327. The molecule has 14 heavy (non-hydrogen) atoms. The quantitative estimate of drug-likeness (QED) is 0.846. The summed E-state index contributed by atoms with van der Waals surface area (Å²) in [6.45, 7) is 0. The third-order valence-electron chi connectivity index (χ3n) is 1.45. The van der Waals surface area contributed by atoms with Crippen LogP contribution >= 0.6 is 22.6 Å². The molecular weight excluding hydrogens is 310 g/mol. The maximum Gasteiger partial charge on any atom is 0.573 e. The minimum absolute atomic E-state index is 0.190. The van der Waals surface area contributed by atoms with Crippen molar-refractivity contribution in [3.8, 4) is 5.75 Å². The van der Waals surface area contributed by atoms with Gasteiger partial charge >= 0.3 is 6.36 Å². The number of hydrogen-bond donors (Lipinski definition) is 1. The van der Waals surface area contributed by atoms with Crippen molar-refractivity contribution >= 4 is 28.3 Å². The molecule has 0 aliphatic carbocycles. The predicted molar refractivity (Wildman–Crippen MR) is 55.4 cm³/mol. The Morgan fingerprint density at radius 3 is 2.50 bits per heavy atom. The van der Waals surface area contributed by atoms with Gasteiger partial charge < -0.3 is 10.1 Å². The van der Waals surface area contributed by atoms with Crippen LogP contribution < -0.4 is 10.1 Å². The smallest absolute Gasteiger partial charge is 0.405 e. The van der Waals surface area contributed by atoms with Gasteiger partial charge in [-0.25, -0.2) is 0 Å². The summed E-state index contributed by atoms with van der Waals surface area (Å²) in [5.41, 5.74) is 0.574. The molecule has 1 aromatic rings. The molecule has 1 rings (SSSR count). The van der Waals surface area contributed by atoms with Gasteiger partial charge in [-0.2, -0.15) is 0 Å². The number of benzene rings is 1. The molecule has 1 aromatic carbocycles. The van der Waals surface area contributed by atoms with E-state index in [4.69, 9.17) is 0 Å². The van der Waals surface area contributed by atoms with E-state index in [0.717, 1.165) is 0 Å². The van der Waals surface area contributed by atoms with Gasteiger partial charge in [-0.1, -0.05) is 0 Å². The standard InChI is InChI=1S/C8H7F3INO/c1-13-5-2-3-6(12)7(4-5)14-8(9,10)11/h2-4,13H,1H3. The van der Waals surface area contributed by atoms with Crippen LogP contribution in [-0.4, -0.2) is 13.4 Å². The van der Waals surface area contributed by atoms with Crippen molar-refractivity contribution in [1.82, 2.24) is 0 Å². The van der Waals surface area contributed by atoms with Gasteiger partial charge in [0, 0.05) is 18.8 Å². The summed E-state index contributed by atoms with van der Waals surface area (Å²) in [5.74, 6) is -0.190. The average molecular weight is 317 g/mol. The average Bonchev–Trinajstić information content (AvgIpc) is 2.06. The molecule has 78 valence electrons. The van der Waals surface area contributed by atoms with E-state index in [1.54, 1.807) is 41.8 Å². The summed E-state index contributed by atoms with van der Waals surface area (Å²) in [7, 11) is 1.62. The highest BCUT2D eigenvalue weighted by Gasteiger charge is 2.31. The number of nitrogens with one attached hydrogen (secondary N) is 1. The topological polar surface area (TPSA) is 21.3 Å². The number of rotatable bonds is 2. The Labute approximate surface area is 92.6 Å². The van der Waals surface area contributed by atoms with Crippen LogP contribution in [-0.2, 0) is 0 Å². The van der Waals surface area contributed by atoms with Crippen molar-refractivity contribution in [3.05, 3.63) is 21.8 Å². The monoisotopic (exact) mass is 317 g/mol. The van der Waals surface area contributed by atoms with Gasteiger partial charge in [0.05, 0.1) is 3.57 Å². The molecule has 1 N–H and O–H groups in total. The fraction of sp³-hybridized carbons (Fsp3) is 0.250. The van der Waals surface area contributed by atoms with E-state index in [2.05, 4.69) is 10.1 Å². The first-order valence-corrected chi connectivity index (χ1v) is 4.73. The number of hydrogen-bond acceptors (Lipinski definition) is 2. The van der Waals surface area contributed by atoms with E-state index in [9.17, 15) is 13.2 Å². The molecule has 0 aliphatic heterocycles. The van der Waals surface area contributed by atoms with Crippen LogP contribution in [0.3, 0.4) is 0 Å². The second kappa shape index (κ2) is 4.24. The second-order valence-corrected chi connectivity index (χ2v) is 3.61. The van der Waals surface area contributed by atoms with Crippen molar-refractivity contribution < 1.29 is 17.9 Å². The van der Waals surface area contributed by atoms with Gasteiger partial charge in [0.15, 0.2) is 0 Å². The highest BCUT2D eigenvalue weighted by molar-refractivity contribution is 14.1. The molecule has 0 fully saturated rings. The molecule has 0 aliphatic rings. The first-order chi connectivity index (χ1) is 6.42. The number of ether oxygens (including phenoxy) is 1. The maximum atomic E-state index is 11.9. The van der Waals surface area contributed by atoms with Crippen LogP contribution in [0, 0.1) is 3.57 Å². The Hall–Kier alpha value is -0.660. The second-order valence-electron chi connectivity index (χ2n) is 2.44. The summed E-state index contributed by atoms with van der Waals surface area (Å²) in [6, 6.07) is 4.52. The molecule has 0 amide bonds. The summed E-state index contributed by atoms with van der Waals surface area (Å²) in [5, 5.41) is 2.73. The van der Waals surface area contributed by atoms with E-state index in [1.165, 1.54) is 6.07 Å². The van der Waals surface area contributed by atoms with Gasteiger partial charge in [-0.3, -0.25) is 0 Å². The lowest BCUT2D eigenvalue weighted by Crippen LogP contribution is -2.17. The Kier molecular flexibility index (Phi) is 3.46. The van der Waals surface area contributed by atoms with Crippen LogP contribution in [0.25, 0.3) is 0 Å². The van der Waals surface area contributed by atoms with Gasteiger partial charge in [-0.15, -0.1) is 13.2 Å². The Balaban J connectivity index is 2.95. The lowest BCUT2D eigenvalue weighted by molar-refractivity contribution is -0.274. The Morgan fingerprint density at radius 1 is 1.36 bits per heavy atom. The molecule has 0 aromatic heterocycles. The van der Waals surface area contributed by atoms with E-state index >= 15 is 0 Å². The Morgan fingerprint density at radius 2 is 2.00 bits per heavy atom. The van der Waals surface area contributed by atoms with Crippen molar-refractivity contribution in [2.75, 3.05) is 12.4 Å². The lowest BCUT2D eigenvalue weighted by Gasteiger charge is -2.11. The van der Waals surface area contributed by atoms with Crippen LogP contribution in [0.15, 0.2) is 18.2 Å². The normalized spacial score (nSPS) is 11.2. The number of anilines is 1. The molecule has 0 bridgehead atoms. The maximum absolute atomic E-state index is 11.9. The van der Waals surface area contributed by atoms with E-state index in [0.29, 0.717) is 9.26 Å². The van der Waals surface area contributed by atoms with Crippen LogP contribution in [0.5, 0.6) is 5.75 Å². The van der Waals surface area contributed by atoms with Gasteiger partial charge in [0.1, 0.15) is 5.75 Å². The first-order valence-electron chi connectivity index (χ1n) is 3.65. The zero-order chi connectivity index (χ0) is 10.8. The van der Waals surface area contributed by atoms with E-state index < -0.39 is 6.36 Å². The third-order valence-corrected chi connectivity index (χ3v) is 2.34. The molecule has 0 spiro atoms. The van der Waals surface area contributed by atoms with Gasteiger partial charge in [0.25, 0.3) is 0 Å². The lowest BCUT2D eigenvalue weighted by atomic mass is 10.3. The summed E-state index contributed by atoms with van der Waals surface area (Å²) in [6.07, 6.45) is -4.65. The van der Waals surface area contributed by atoms with Crippen molar-refractivity contribution in [2.45, 2.75) is 6.36 Å². The fourth-order valence-electron chi connectivity index (χ4n) is 0.862. The third kappa shape index (κ3) is 3.24. The molecular formula is C8H7F3INO. The highest BCUT2D eigenvalue weighted by Crippen LogP contribution is 2.29. The summed E-state index contributed by atoms with van der Waals surface area (Å²) < 4.78 is 40.0. The largest absolute Gasteiger partial charge is 0.573 e. The molecule has 2 nitrogen and oxygen atoms in total. The molecule has 0 radical (unpaired) electrons. The molecule has 6 heteroatoms. The first kappa shape index (κ1) is 11.4. The SMILES string of the molecule is CNc1ccc(I)c(OC(F)(F)F)c1. The van der Waals surface area contributed by atoms with Gasteiger partial charge in [0.2, 0.25) is 0 Å². The minimum Gasteiger partial charge on any atom is -0.405 e.